The topological polar surface area (TPSA) is 60.8 Å². The van der Waals surface area contributed by atoms with Gasteiger partial charge in [0.2, 0.25) is 5.82 Å². The molecular formula is C10H9FN4O. The lowest BCUT2D eigenvalue weighted by molar-refractivity contribution is 0.413. The third-order valence-electron chi connectivity index (χ3n) is 2.00. The summed E-state index contributed by atoms with van der Waals surface area (Å²) in [6.07, 6.45) is 0. The normalized spacial score (nSPS) is 10.2. The molecule has 0 amide bonds. The molecule has 0 saturated heterocycles. The van der Waals surface area contributed by atoms with E-state index in [1.54, 1.807) is 19.1 Å². The van der Waals surface area contributed by atoms with Gasteiger partial charge in [-0.1, -0.05) is 6.07 Å². The average molecular weight is 220 g/mol. The Kier molecular flexibility index (Phi) is 2.72. The van der Waals surface area contributed by atoms with Crippen molar-refractivity contribution in [1.82, 2.24) is 20.4 Å². The minimum absolute atomic E-state index is 0.112. The van der Waals surface area contributed by atoms with Crippen molar-refractivity contribution in [2.75, 3.05) is 7.11 Å². The van der Waals surface area contributed by atoms with Crippen molar-refractivity contribution in [2.24, 2.45) is 0 Å². The van der Waals surface area contributed by atoms with E-state index in [0.717, 1.165) is 0 Å². The molecule has 1 heterocycles. The van der Waals surface area contributed by atoms with Crippen LogP contribution < -0.4 is 4.74 Å². The fourth-order valence-electron chi connectivity index (χ4n) is 1.27. The van der Waals surface area contributed by atoms with Crippen LogP contribution in [0, 0.1) is 12.7 Å². The number of benzene rings is 1. The minimum Gasteiger partial charge on any atom is -0.496 e. The zero-order valence-electron chi connectivity index (χ0n) is 8.81. The maximum Gasteiger partial charge on any atom is 0.210 e. The van der Waals surface area contributed by atoms with Crippen molar-refractivity contribution in [3.05, 3.63) is 29.8 Å². The smallest absolute Gasteiger partial charge is 0.210 e. The Labute approximate surface area is 91.3 Å². The molecule has 0 aliphatic rings. The highest BCUT2D eigenvalue weighted by atomic mass is 19.1. The molecule has 5 nitrogen and oxygen atoms in total. The fourth-order valence-corrected chi connectivity index (χ4v) is 1.27. The second-order valence-electron chi connectivity index (χ2n) is 3.09. The number of rotatable bonds is 2. The van der Waals surface area contributed by atoms with Crippen LogP contribution in [0.5, 0.6) is 5.75 Å². The lowest BCUT2D eigenvalue weighted by Gasteiger charge is -2.06. The summed E-state index contributed by atoms with van der Waals surface area (Å²) < 4.78 is 18.6. The lowest BCUT2D eigenvalue weighted by atomic mass is 10.2. The maximum absolute atomic E-state index is 13.6. The fraction of sp³-hybridized carbons (Fsp3) is 0.200. The van der Waals surface area contributed by atoms with Crippen molar-refractivity contribution in [3.63, 3.8) is 0 Å². The molecule has 0 atom stereocenters. The van der Waals surface area contributed by atoms with Crippen LogP contribution in [0.15, 0.2) is 18.2 Å². The van der Waals surface area contributed by atoms with Gasteiger partial charge in [0, 0.05) is 0 Å². The largest absolute Gasteiger partial charge is 0.496 e. The van der Waals surface area contributed by atoms with Crippen LogP contribution in [0.25, 0.3) is 11.4 Å². The second kappa shape index (κ2) is 4.18. The summed E-state index contributed by atoms with van der Waals surface area (Å²) >= 11 is 0. The summed E-state index contributed by atoms with van der Waals surface area (Å²) in [4.78, 5) is 0. The van der Waals surface area contributed by atoms with Crippen LogP contribution in [0.2, 0.25) is 0 Å². The van der Waals surface area contributed by atoms with Gasteiger partial charge in [-0.3, -0.25) is 0 Å². The molecular weight excluding hydrogens is 211 g/mol. The summed E-state index contributed by atoms with van der Waals surface area (Å²) in [5.41, 5.74) is 0.171. The Morgan fingerprint density at radius 2 is 1.81 bits per heavy atom. The van der Waals surface area contributed by atoms with Crippen molar-refractivity contribution < 1.29 is 9.13 Å². The zero-order chi connectivity index (χ0) is 11.5. The standard InChI is InChI=1S/C10H9FN4O/c1-6-12-14-10(15-13-6)9-7(11)4-3-5-8(9)16-2/h3-5H,1-2H3. The first-order valence-electron chi connectivity index (χ1n) is 4.59. The number of hydrogen-bond acceptors (Lipinski definition) is 5. The van der Waals surface area contributed by atoms with Gasteiger partial charge < -0.3 is 4.74 Å². The molecule has 0 N–H and O–H groups in total. The van der Waals surface area contributed by atoms with Gasteiger partial charge in [-0.15, -0.1) is 20.4 Å². The van der Waals surface area contributed by atoms with E-state index in [1.807, 2.05) is 0 Å². The Morgan fingerprint density at radius 1 is 1.12 bits per heavy atom. The summed E-state index contributed by atoms with van der Waals surface area (Å²) in [5, 5.41) is 15.0. The second-order valence-corrected chi connectivity index (χ2v) is 3.09. The van der Waals surface area contributed by atoms with E-state index in [4.69, 9.17) is 4.74 Å². The Bertz CT molecular complexity index is 501. The van der Waals surface area contributed by atoms with Crippen LogP contribution in [0.4, 0.5) is 4.39 Å². The predicted octanol–water partition coefficient (Wildman–Crippen LogP) is 1.39. The van der Waals surface area contributed by atoms with Crippen LogP contribution in [-0.2, 0) is 0 Å². The van der Waals surface area contributed by atoms with E-state index in [9.17, 15) is 4.39 Å². The molecule has 1 aromatic carbocycles. The monoisotopic (exact) mass is 220 g/mol. The van der Waals surface area contributed by atoms with Crippen LogP contribution >= 0.6 is 0 Å². The molecule has 2 aromatic rings. The molecule has 0 unspecified atom stereocenters. The molecule has 0 radical (unpaired) electrons. The quantitative estimate of drug-likeness (QED) is 0.765. The van der Waals surface area contributed by atoms with E-state index in [2.05, 4.69) is 20.4 Å². The van der Waals surface area contributed by atoms with Gasteiger partial charge in [0.1, 0.15) is 17.1 Å². The minimum atomic E-state index is -0.466. The Hall–Kier alpha value is -2.11. The molecule has 82 valence electrons. The Balaban J connectivity index is 2.58. The molecule has 0 fully saturated rings. The van der Waals surface area contributed by atoms with Crippen molar-refractivity contribution in [3.8, 4) is 17.1 Å². The van der Waals surface area contributed by atoms with Gasteiger partial charge in [0.15, 0.2) is 5.82 Å². The maximum atomic E-state index is 13.6. The molecule has 1 aromatic heterocycles. The SMILES string of the molecule is COc1cccc(F)c1-c1nnc(C)nn1. The highest BCUT2D eigenvalue weighted by Gasteiger charge is 2.14. The average Bonchev–Trinajstić information content (AvgIpc) is 2.30. The molecule has 6 heteroatoms. The van der Waals surface area contributed by atoms with Crippen molar-refractivity contribution in [2.45, 2.75) is 6.92 Å². The van der Waals surface area contributed by atoms with E-state index in [1.165, 1.54) is 13.2 Å². The molecule has 0 aliphatic heterocycles. The van der Waals surface area contributed by atoms with Gasteiger partial charge in [-0.2, -0.15) is 0 Å². The number of nitrogens with zero attached hydrogens (tertiary/aromatic N) is 4. The van der Waals surface area contributed by atoms with Crippen LogP contribution in [0.3, 0.4) is 0 Å². The first-order valence-corrected chi connectivity index (χ1v) is 4.59. The first kappa shape index (κ1) is 10.4. The number of hydrogen-bond donors (Lipinski definition) is 0. The molecule has 16 heavy (non-hydrogen) atoms. The van der Waals surface area contributed by atoms with E-state index in [0.29, 0.717) is 11.6 Å². The number of aromatic nitrogens is 4. The lowest BCUT2D eigenvalue weighted by Crippen LogP contribution is -2.01. The van der Waals surface area contributed by atoms with E-state index >= 15 is 0 Å². The van der Waals surface area contributed by atoms with E-state index in [-0.39, 0.29) is 11.4 Å². The molecule has 0 aliphatic carbocycles. The van der Waals surface area contributed by atoms with Gasteiger partial charge >= 0.3 is 0 Å². The summed E-state index contributed by atoms with van der Waals surface area (Å²) in [5.74, 6) is 0.430. The number of ether oxygens (including phenoxy) is 1. The number of aryl methyl sites for hydroxylation is 1. The number of methoxy groups -OCH3 is 1. The highest BCUT2D eigenvalue weighted by molar-refractivity contribution is 5.64. The van der Waals surface area contributed by atoms with Crippen LogP contribution in [0.1, 0.15) is 5.82 Å². The first-order chi connectivity index (χ1) is 7.72. The van der Waals surface area contributed by atoms with Crippen LogP contribution in [-0.4, -0.2) is 27.5 Å². The predicted molar refractivity (Wildman–Crippen MR) is 54.3 cm³/mol. The van der Waals surface area contributed by atoms with Gasteiger partial charge in [0.25, 0.3) is 0 Å². The summed E-state index contributed by atoms with van der Waals surface area (Å²) in [7, 11) is 1.45. The van der Waals surface area contributed by atoms with Gasteiger partial charge in [-0.25, -0.2) is 4.39 Å². The third-order valence-corrected chi connectivity index (χ3v) is 2.00. The van der Waals surface area contributed by atoms with Gasteiger partial charge in [-0.05, 0) is 19.1 Å². The molecule has 0 spiro atoms. The summed E-state index contributed by atoms with van der Waals surface area (Å²) in [6, 6.07) is 4.48. The molecule has 0 bridgehead atoms. The third kappa shape index (κ3) is 1.81. The van der Waals surface area contributed by atoms with E-state index < -0.39 is 5.82 Å². The van der Waals surface area contributed by atoms with Crippen molar-refractivity contribution >= 4 is 0 Å². The van der Waals surface area contributed by atoms with Gasteiger partial charge in [0.05, 0.1) is 7.11 Å². The highest BCUT2D eigenvalue weighted by Crippen LogP contribution is 2.28. The molecule has 0 saturated carbocycles. The zero-order valence-corrected chi connectivity index (χ0v) is 8.81. The Morgan fingerprint density at radius 3 is 2.44 bits per heavy atom. The number of halogens is 1. The van der Waals surface area contributed by atoms with Crippen molar-refractivity contribution in [1.29, 1.82) is 0 Å². The summed E-state index contributed by atoms with van der Waals surface area (Å²) in [6.45, 7) is 1.66. The molecule has 2 rings (SSSR count).